The Morgan fingerprint density at radius 3 is 3.00 bits per heavy atom. The number of methoxy groups -OCH3 is 1. The molecule has 0 aliphatic rings. The van der Waals surface area contributed by atoms with Gasteiger partial charge >= 0.3 is 5.97 Å². The summed E-state index contributed by atoms with van der Waals surface area (Å²) in [5, 5.41) is 13.0. The fourth-order valence-electron chi connectivity index (χ4n) is 0.882. The summed E-state index contributed by atoms with van der Waals surface area (Å²) >= 11 is 0. The maximum atomic E-state index is 10.8. The van der Waals surface area contributed by atoms with Crippen LogP contribution in [0.1, 0.15) is 24.0 Å². The lowest BCUT2D eigenvalue weighted by atomic mass is 10.2. The van der Waals surface area contributed by atoms with Gasteiger partial charge in [-0.25, -0.2) is 0 Å². The summed E-state index contributed by atoms with van der Waals surface area (Å²) in [4.78, 5) is 10.8. The van der Waals surface area contributed by atoms with Gasteiger partial charge in [0.25, 0.3) is 0 Å². The standard InChI is InChI=1S/C8H11NO4/c1-5-3-7(13-9-5)6(10)4-8(11)12-2/h3,6,10H,4H2,1-2H3/t6-/m1/s1. The van der Waals surface area contributed by atoms with Gasteiger partial charge in [-0.05, 0) is 6.92 Å². The Morgan fingerprint density at radius 1 is 1.85 bits per heavy atom. The molecule has 5 nitrogen and oxygen atoms in total. The van der Waals surface area contributed by atoms with Crippen LogP contribution in [-0.2, 0) is 9.53 Å². The van der Waals surface area contributed by atoms with Crippen molar-refractivity contribution in [2.24, 2.45) is 0 Å². The van der Waals surface area contributed by atoms with Gasteiger partial charge in [0.2, 0.25) is 0 Å². The lowest BCUT2D eigenvalue weighted by Crippen LogP contribution is -2.07. The fraction of sp³-hybridized carbons (Fsp3) is 0.500. The highest BCUT2D eigenvalue weighted by Crippen LogP contribution is 2.17. The third-order valence-corrected chi connectivity index (χ3v) is 1.56. The van der Waals surface area contributed by atoms with Crippen LogP contribution in [0, 0.1) is 6.92 Å². The second-order valence-corrected chi connectivity index (χ2v) is 2.67. The van der Waals surface area contributed by atoms with Gasteiger partial charge < -0.3 is 14.4 Å². The first kappa shape index (κ1) is 9.73. The molecule has 0 aromatic carbocycles. The molecule has 0 saturated carbocycles. The predicted molar refractivity (Wildman–Crippen MR) is 42.8 cm³/mol. The van der Waals surface area contributed by atoms with Crippen molar-refractivity contribution in [1.29, 1.82) is 0 Å². The zero-order chi connectivity index (χ0) is 9.84. The van der Waals surface area contributed by atoms with Crippen LogP contribution in [0.15, 0.2) is 10.6 Å². The number of nitrogens with zero attached hydrogens (tertiary/aromatic N) is 1. The summed E-state index contributed by atoms with van der Waals surface area (Å²) in [6, 6.07) is 1.58. The van der Waals surface area contributed by atoms with Crippen LogP contribution in [0.25, 0.3) is 0 Å². The van der Waals surface area contributed by atoms with Crippen molar-refractivity contribution in [1.82, 2.24) is 5.16 Å². The molecule has 0 spiro atoms. The van der Waals surface area contributed by atoms with Crippen LogP contribution in [-0.4, -0.2) is 23.3 Å². The molecule has 13 heavy (non-hydrogen) atoms. The first-order valence-electron chi connectivity index (χ1n) is 3.81. The largest absolute Gasteiger partial charge is 0.469 e. The maximum Gasteiger partial charge on any atom is 0.308 e. The van der Waals surface area contributed by atoms with Gasteiger partial charge in [-0.15, -0.1) is 0 Å². The number of aliphatic hydroxyl groups is 1. The van der Waals surface area contributed by atoms with Crippen molar-refractivity contribution in [3.05, 3.63) is 17.5 Å². The number of hydrogen-bond donors (Lipinski definition) is 1. The highest BCUT2D eigenvalue weighted by molar-refractivity contribution is 5.69. The first-order valence-corrected chi connectivity index (χ1v) is 3.81. The minimum absolute atomic E-state index is 0.120. The molecule has 0 amide bonds. The number of rotatable bonds is 3. The van der Waals surface area contributed by atoms with Crippen LogP contribution in [0.2, 0.25) is 0 Å². The highest BCUT2D eigenvalue weighted by atomic mass is 16.5. The zero-order valence-electron chi connectivity index (χ0n) is 7.48. The summed E-state index contributed by atoms with van der Waals surface area (Å²) < 4.78 is 9.15. The van der Waals surface area contributed by atoms with E-state index in [4.69, 9.17) is 4.52 Å². The Bertz CT molecular complexity index is 294. The number of aryl methyl sites for hydroxylation is 1. The molecular weight excluding hydrogens is 174 g/mol. The van der Waals surface area contributed by atoms with Crippen molar-refractivity contribution in [3.8, 4) is 0 Å². The summed E-state index contributed by atoms with van der Waals surface area (Å²) in [5.41, 5.74) is 0.666. The third kappa shape index (κ3) is 2.55. The summed E-state index contributed by atoms with van der Waals surface area (Å²) in [7, 11) is 1.26. The van der Waals surface area contributed by atoms with Gasteiger partial charge in [0.1, 0.15) is 6.10 Å². The van der Waals surface area contributed by atoms with E-state index in [9.17, 15) is 9.90 Å². The zero-order valence-corrected chi connectivity index (χ0v) is 7.48. The van der Waals surface area contributed by atoms with Gasteiger partial charge in [-0.3, -0.25) is 4.79 Å². The van der Waals surface area contributed by atoms with E-state index in [-0.39, 0.29) is 12.2 Å². The lowest BCUT2D eigenvalue weighted by Gasteiger charge is -2.03. The Kier molecular flexibility index (Phi) is 3.02. The minimum atomic E-state index is -0.978. The molecule has 1 atom stereocenters. The van der Waals surface area contributed by atoms with E-state index in [2.05, 4.69) is 9.89 Å². The van der Waals surface area contributed by atoms with Crippen LogP contribution in [0.3, 0.4) is 0 Å². The second-order valence-electron chi connectivity index (χ2n) is 2.67. The molecule has 0 unspecified atom stereocenters. The molecular formula is C8H11NO4. The van der Waals surface area contributed by atoms with Crippen LogP contribution in [0.5, 0.6) is 0 Å². The van der Waals surface area contributed by atoms with Gasteiger partial charge in [0, 0.05) is 6.07 Å². The summed E-state index contributed by atoms with van der Waals surface area (Å²) in [6.07, 6.45) is -1.10. The van der Waals surface area contributed by atoms with Gasteiger partial charge in [0.05, 0.1) is 19.2 Å². The van der Waals surface area contributed by atoms with E-state index < -0.39 is 12.1 Å². The fourth-order valence-corrected chi connectivity index (χ4v) is 0.882. The maximum absolute atomic E-state index is 10.8. The Balaban J connectivity index is 2.58. The molecule has 0 saturated heterocycles. The molecule has 0 aliphatic carbocycles. The topological polar surface area (TPSA) is 72.6 Å². The molecule has 1 heterocycles. The number of aliphatic hydroxyl groups excluding tert-OH is 1. The number of ether oxygens (including phenoxy) is 1. The Morgan fingerprint density at radius 2 is 2.54 bits per heavy atom. The average molecular weight is 185 g/mol. The molecule has 0 radical (unpaired) electrons. The number of esters is 1. The van der Waals surface area contributed by atoms with Crippen molar-refractivity contribution in [3.63, 3.8) is 0 Å². The van der Waals surface area contributed by atoms with Crippen molar-refractivity contribution in [2.75, 3.05) is 7.11 Å². The molecule has 1 aromatic rings. The van der Waals surface area contributed by atoms with Gasteiger partial charge in [0.15, 0.2) is 5.76 Å². The van der Waals surface area contributed by atoms with Crippen LogP contribution >= 0.6 is 0 Å². The van der Waals surface area contributed by atoms with Gasteiger partial charge in [-0.1, -0.05) is 5.16 Å². The van der Waals surface area contributed by atoms with E-state index >= 15 is 0 Å². The first-order chi connectivity index (χ1) is 6.13. The van der Waals surface area contributed by atoms with Crippen molar-refractivity contribution >= 4 is 5.97 Å². The molecule has 72 valence electrons. The quantitative estimate of drug-likeness (QED) is 0.697. The van der Waals surface area contributed by atoms with E-state index in [1.807, 2.05) is 0 Å². The molecule has 5 heteroatoms. The van der Waals surface area contributed by atoms with E-state index in [0.29, 0.717) is 5.69 Å². The smallest absolute Gasteiger partial charge is 0.308 e. The summed E-state index contributed by atoms with van der Waals surface area (Å²) in [5.74, 6) is -0.204. The lowest BCUT2D eigenvalue weighted by molar-refractivity contribution is -0.143. The van der Waals surface area contributed by atoms with Crippen LogP contribution < -0.4 is 0 Å². The molecule has 0 fully saturated rings. The normalized spacial score (nSPS) is 12.5. The van der Waals surface area contributed by atoms with Crippen molar-refractivity contribution < 1.29 is 19.2 Å². The number of aromatic nitrogens is 1. The SMILES string of the molecule is COC(=O)C[C@@H](O)c1cc(C)no1. The Hall–Kier alpha value is -1.36. The second kappa shape index (κ2) is 4.04. The van der Waals surface area contributed by atoms with Crippen molar-refractivity contribution in [2.45, 2.75) is 19.4 Å². The summed E-state index contributed by atoms with van der Waals surface area (Å²) in [6.45, 7) is 1.73. The van der Waals surface area contributed by atoms with Crippen LogP contribution in [0.4, 0.5) is 0 Å². The molecule has 1 rings (SSSR count). The molecule has 0 aliphatic heterocycles. The van der Waals surface area contributed by atoms with E-state index in [1.165, 1.54) is 7.11 Å². The molecule has 1 aromatic heterocycles. The van der Waals surface area contributed by atoms with E-state index in [1.54, 1.807) is 13.0 Å². The minimum Gasteiger partial charge on any atom is -0.469 e. The average Bonchev–Trinajstić information content (AvgIpc) is 2.51. The third-order valence-electron chi connectivity index (χ3n) is 1.56. The van der Waals surface area contributed by atoms with E-state index in [0.717, 1.165) is 0 Å². The molecule has 0 bridgehead atoms. The Labute approximate surface area is 75.3 Å². The number of hydrogen-bond acceptors (Lipinski definition) is 5. The molecule has 1 N–H and O–H groups in total. The highest BCUT2D eigenvalue weighted by Gasteiger charge is 2.17. The number of carbonyl (C=O) groups is 1. The number of carbonyl (C=O) groups excluding carboxylic acids is 1. The monoisotopic (exact) mass is 185 g/mol. The predicted octanol–water partition coefficient (Wildman–Crippen LogP) is 0.580. The van der Waals surface area contributed by atoms with Gasteiger partial charge in [-0.2, -0.15) is 0 Å².